The molecule has 0 N–H and O–H groups in total. The maximum Gasteiger partial charge on any atom is 0.136 e. The van der Waals surface area contributed by atoms with Crippen molar-refractivity contribution in [3.8, 4) is 44.5 Å². The van der Waals surface area contributed by atoms with Gasteiger partial charge >= 0.3 is 0 Å². The highest BCUT2D eigenvalue weighted by Crippen LogP contribution is 2.48. The van der Waals surface area contributed by atoms with Gasteiger partial charge in [-0.05, 0) is 78.2 Å². The summed E-state index contributed by atoms with van der Waals surface area (Å²) in [6.45, 7) is 0. The molecule has 0 aliphatic rings. The lowest BCUT2D eigenvalue weighted by Gasteiger charge is -2.18. The maximum atomic E-state index is 9.35. The van der Waals surface area contributed by atoms with E-state index in [4.69, 9.17) is 14.0 Å². The molecule has 0 saturated carbocycles. The van der Waals surface area contributed by atoms with Crippen LogP contribution in [0.4, 0.5) is 0 Å². The molecule has 8 aromatic carbocycles. The van der Waals surface area contributed by atoms with Gasteiger partial charge in [0.05, 0.1) is 12.3 Å². The highest BCUT2D eigenvalue weighted by Gasteiger charge is 2.21. The Bertz CT molecular complexity index is 2930. The zero-order valence-electron chi connectivity index (χ0n) is 32.9. The zero-order chi connectivity index (χ0) is 37.6. The van der Waals surface area contributed by atoms with Crippen LogP contribution in [0.15, 0.2) is 174 Å². The van der Waals surface area contributed by atoms with Crippen molar-refractivity contribution in [3.05, 3.63) is 170 Å². The first-order valence-electron chi connectivity index (χ1n) is 19.2. The van der Waals surface area contributed by atoms with Gasteiger partial charge in [0.2, 0.25) is 0 Å². The third-order valence-corrected chi connectivity index (χ3v) is 8.43. The van der Waals surface area contributed by atoms with Crippen molar-refractivity contribution >= 4 is 43.5 Å². The molecule has 0 spiro atoms. The standard InChI is InChI=1S/C44H28O/c1-3-13-29(14-4-1)30-25-27-32(28-26-30)41-34-17-7-9-19-36(34)42(37-20-10-8-18-35(37)41)38-22-12-24-40-44(38)43-33(21-11-23-39(43)45-40)31-15-5-2-6-16-31/h1-28H/i1D,3D,4D,13D,14D,25D,26D,27D,28D. The van der Waals surface area contributed by atoms with Crippen LogP contribution in [-0.2, 0) is 0 Å². The molecule has 0 atom stereocenters. The summed E-state index contributed by atoms with van der Waals surface area (Å²) in [6.07, 6.45) is 0. The minimum atomic E-state index is -0.615. The van der Waals surface area contributed by atoms with Crippen molar-refractivity contribution < 1.29 is 16.8 Å². The van der Waals surface area contributed by atoms with Gasteiger partial charge in [-0.1, -0.05) is 158 Å². The largest absolute Gasteiger partial charge is 0.456 e. The van der Waals surface area contributed by atoms with E-state index in [1.54, 1.807) is 0 Å². The van der Waals surface area contributed by atoms with E-state index in [9.17, 15) is 2.74 Å². The second-order valence-electron chi connectivity index (χ2n) is 10.9. The lowest BCUT2D eigenvalue weighted by atomic mass is 9.84. The SMILES string of the molecule is [2H]c1c([2H])c([2H])c(-c2c([2H])c([2H])c(-c3c4ccccc4c(-c4cccc5oc6cccc(-c7ccccc7)c6c45)c4ccccc34)c([2H])c2[2H])c([2H])c1[2H]. The fourth-order valence-electron chi connectivity index (χ4n) is 6.56. The molecule has 0 saturated heterocycles. The number of hydrogen-bond donors (Lipinski definition) is 0. The van der Waals surface area contributed by atoms with Gasteiger partial charge in [-0.3, -0.25) is 0 Å². The number of fused-ring (bicyclic) bond motifs is 5. The third kappa shape index (κ3) is 4.09. The predicted octanol–water partition coefficient (Wildman–Crippen LogP) is 12.6. The molecule has 9 aromatic rings. The number of furan rings is 1. The maximum absolute atomic E-state index is 9.35. The van der Waals surface area contributed by atoms with Crippen molar-refractivity contribution in [1.29, 1.82) is 0 Å². The molecule has 0 aliphatic carbocycles. The fourth-order valence-corrected chi connectivity index (χ4v) is 6.56. The summed E-state index contributed by atoms with van der Waals surface area (Å²) in [7, 11) is 0. The average Bonchev–Trinajstić information content (AvgIpc) is 3.59. The first kappa shape index (κ1) is 18.0. The van der Waals surface area contributed by atoms with Gasteiger partial charge in [0, 0.05) is 10.8 Å². The Hall–Kier alpha value is -5.92. The molecule has 0 aliphatic heterocycles. The van der Waals surface area contributed by atoms with Crippen LogP contribution in [0.2, 0.25) is 0 Å². The van der Waals surface area contributed by atoms with Crippen molar-refractivity contribution in [2.75, 3.05) is 0 Å². The van der Waals surface area contributed by atoms with Gasteiger partial charge in [0.1, 0.15) is 11.2 Å². The van der Waals surface area contributed by atoms with Crippen molar-refractivity contribution in [2.24, 2.45) is 0 Å². The van der Waals surface area contributed by atoms with Crippen molar-refractivity contribution in [2.45, 2.75) is 0 Å². The minimum Gasteiger partial charge on any atom is -0.456 e. The summed E-state index contributed by atoms with van der Waals surface area (Å²) in [5.74, 6) is 0. The molecule has 210 valence electrons. The van der Waals surface area contributed by atoms with Crippen molar-refractivity contribution in [3.63, 3.8) is 0 Å². The Morgan fingerprint density at radius 2 is 0.844 bits per heavy atom. The molecule has 1 nitrogen and oxygen atoms in total. The van der Waals surface area contributed by atoms with Gasteiger partial charge < -0.3 is 4.42 Å². The summed E-state index contributed by atoms with van der Waals surface area (Å²) >= 11 is 0. The summed E-state index contributed by atoms with van der Waals surface area (Å²) in [6, 6.07) is 32.9. The van der Waals surface area contributed by atoms with Gasteiger partial charge in [-0.2, -0.15) is 0 Å². The molecule has 1 heteroatoms. The molecule has 0 unspecified atom stereocenters. The van der Waals surface area contributed by atoms with Gasteiger partial charge in [0.15, 0.2) is 0 Å². The Kier molecular flexibility index (Phi) is 4.15. The monoisotopic (exact) mass is 581 g/mol. The Morgan fingerprint density at radius 3 is 1.47 bits per heavy atom. The molecular weight excluding hydrogens is 544 g/mol. The molecule has 9 rings (SSSR count). The molecular formula is C44H28O. The van der Waals surface area contributed by atoms with Crippen LogP contribution >= 0.6 is 0 Å². The quantitative estimate of drug-likeness (QED) is 0.188. The van der Waals surface area contributed by atoms with Gasteiger partial charge in [0.25, 0.3) is 0 Å². The second kappa shape index (κ2) is 10.4. The Morgan fingerprint density at radius 1 is 0.356 bits per heavy atom. The number of benzene rings is 8. The molecule has 0 amide bonds. The van der Waals surface area contributed by atoms with Gasteiger partial charge in [-0.15, -0.1) is 0 Å². The molecule has 0 bridgehead atoms. The van der Waals surface area contributed by atoms with E-state index in [2.05, 4.69) is 24.3 Å². The average molecular weight is 582 g/mol. The first-order chi connectivity index (χ1) is 26.1. The van der Waals surface area contributed by atoms with Crippen LogP contribution in [0.1, 0.15) is 12.3 Å². The van der Waals surface area contributed by atoms with E-state index in [-0.39, 0.29) is 28.8 Å². The number of hydrogen-bond acceptors (Lipinski definition) is 1. The van der Waals surface area contributed by atoms with Crippen LogP contribution in [0.5, 0.6) is 0 Å². The van der Waals surface area contributed by atoms with Crippen molar-refractivity contribution in [1.82, 2.24) is 0 Å². The third-order valence-electron chi connectivity index (χ3n) is 8.43. The van der Waals surface area contributed by atoms with E-state index < -0.39 is 42.3 Å². The molecule has 0 fully saturated rings. The Balaban J connectivity index is 1.39. The van der Waals surface area contributed by atoms with Crippen LogP contribution in [-0.4, -0.2) is 0 Å². The topological polar surface area (TPSA) is 13.1 Å². The molecule has 1 aromatic heterocycles. The van der Waals surface area contributed by atoms with E-state index in [0.29, 0.717) is 16.3 Å². The molecule has 0 radical (unpaired) electrons. The van der Waals surface area contributed by atoms with E-state index in [1.165, 1.54) is 0 Å². The zero-order valence-corrected chi connectivity index (χ0v) is 23.9. The van der Waals surface area contributed by atoms with E-state index in [1.807, 2.05) is 91.0 Å². The molecule has 1 heterocycles. The summed E-state index contributed by atoms with van der Waals surface area (Å²) in [5.41, 5.74) is 5.28. The summed E-state index contributed by atoms with van der Waals surface area (Å²) in [5, 5.41) is 5.00. The fraction of sp³-hybridized carbons (Fsp3) is 0. The summed E-state index contributed by atoms with van der Waals surface area (Å²) < 4.78 is 84.9. The smallest absolute Gasteiger partial charge is 0.136 e. The van der Waals surface area contributed by atoms with Crippen LogP contribution in [0, 0.1) is 0 Å². The Labute approximate surface area is 274 Å². The highest BCUT2D eigenvalue weighted by molar-refractivity contribution is 6.26. The van der Waals surface area contributed by atoms with E-state index in [0.717, 1.165) is 55.0 Å². The minimum absolute atomic E-state index is 0.0541. The van der Waals surface area contributed by atoms with Gasteiger partial charge in [-0.25, -0.2) is 0 Å². The predicted molar refractivity (Wildman–Crippen MR) is 190 cm³/mol. The summed E-state index contributed by atoms with van der Waals surface area (Å²) in [4.78, 5) is 0. The van der Waals surface area contributed by atoms with Crippen LogP contribution in [0.3, 0.4) is 0 Å². The lowest BCUT2D eigenvalue weighted by molar-refractivity contribution is 0.669. The van der Waals surface area contributed by atoms with E-state index >= 15 is 0 Å². The normalized spacial score (nSPS) is 14.4. The van der Waals surface area contributed by atoms with Crippen LogP contribution in [0.25, 0.3) is 88.0 Å². The van der Waals surface area contributed by atoms with Crippen LogP contribution < -0.4 is 0 Å². The molecule has 45 heavy (non-hydrogen) atoms. The second-order valence-corrected chi connectivity index (χ2v) is 10.9. The highest BCUT2D eigenvalue weighted by atomic mass is 16.3. The first-order valence-corrected chi connectivity index (χ1v) is 14.7. The lowest BCUT2D eigenvalue weighted by Crippen LogP contribution is -1.91. The number of rotatable bonds is 4.